The molecule has 3 aromatic rings. The number of hydrogen-bond donors (Lipinski definition) is 2. The molecule has 32 heavy (non-hydrogen) atoms. The van der Waals surface area contributed by atoms with E-state index >= 15 is 0 Å². The van der Waals surface area contributed by atoms with Gasteiger partial charge in [0, 0.05) is 41.5 Å². The van der Waals surface area contributed by atoms with Gasteiger partial charge in [-0.25, -0.2) is 0 Å². The normalized spacial score (nSPS) is 19.0. The molecule has 1 fully saturated rings. The van der Waals surface area contributed by atoms with Gasteiger partial charge in [0.15, 0.2) is 6.04 Å². The number of nitrogens with one attached hydrogen (secondary N) is 2. The number of benzene rings is 3. The highest BCUT2D eigenvalue weighted by Crippen LogP contribution is 2.27. The Morgan fingerprint density at radius 3 is 2.28 bits per heavy atom. The van der Waals surface area contributed by atoms with E-state index in [-0.39, 0.29) is 11.8 Å². The van der Waals surface area contributed by atoms with Gasteiger partial charge in [-0.1, -0.05) is 41.9 Å². The van der Waals surface area contributed by atoms with Gasteiger partial charge in [0.25, 0.3) is 5.91 Å². The van der Waals surface area contributed by atoms with Gasteiger partial charge >= 0.3 is 5.91 Å². The summed E-state index contributed by atoms with van der Waals surface area (Å²) in [5.74, 6) is -0.586. The highest BCUT2D eigenvalue weighted by Gasteiger charge is 2.47. The Hall–Kier alpha value is -3.64. The quantitative estimate of drug-likeness (QED) is 0.589. The van der Waals surface area contributed by atoms with Gasteiger partial charge in [0.05, 0.1) is 0 Å². The molecule has 0 radical (unpaired) electrons. The van der Waals surface area contributed by atoms with Gasteiger partial charge in [-0.05, 0) is 48.5 Å². The van der Waals surface area contributed by atoms with Gasteiger partial charge < -0.3 is 10.2 Å². The maximum Gasteiger partial charge on any atom is 0.304 e. The van der Waals surface area contributed by atoms with Crippen molar-refractivity contribution in [1.82, 2.24) is 10.7 Å². The fraction of sp³-hybridized carbons (Fsp3) is 0.160. The number of anilines is 1. The zero-order chi connectivity index (χ0) is 22.7. The fourth-order valence-electron chi connectivity index (χ4n) is 3.67. The number of hydrazine groups is 1. The lowest BCUT2D eigenvalue weighted by Gasteiger charge is -2.15. The summed E-state index contributed by atoms with van der Waals surface area (Å²) in [6.45, 7) is 0. The third kappa shape index (κ3) is 4.65. The van der Waals surface area contributed by atoms with Crippen LogP contribution in [0.2, 0.25) is 5.02 Å². The van der Waals surface area contributed by atoms with Crippen LogP contribution in [-0.4, -0.2) is 42.9 Å². The van der Waals surface area contributed by atoms with Crippen LogP contribution in [0.3, 0.4) is 0 Å². The predicted octanol–water partition coefficient (Wildman–Crippen LogP) is 3.42. The van der Waals surface area contributed by atoms with E-state index < -0.39 is 12.1 Å². The summed E-state index contributed by atoms with van der Waals surface area (Å²) in [5.41, 5.74) is 6.24. The summed E-state index contributed by atoms with van der Waals surface area (Å²) in [7, 11) is 3.96. The summed E-state index contributed by atoms with van der Waals surface area (Å²) < 4.78 is 1.74. The molecule has 7 heteroatoms. The molecule has 0 spiro atoms. The van der Waals surface area contributed by atoms with Crippen molar-refractivity contribution in [2.24, 2.45) is 0 Å². The summed E-state index contributed by atoms with van der Waals surface area (Å²) >= 11 is 6.08. The molecule has 162 valence electrons. The molecule has 6 nitrogen and oxygen atoms in total. The highest BCUT2D eigenvalue weighted by atomic mass is 35.5. The molecule has 2 N–H and O–H groups in total. The second-order valence-electron chi connectivity index (χ2n) is 7.81. The Morgan fingerprint density at radius 1 is 1.00 bits per heavy atom. The van der Waals surface area contributed by atoms with E-state index in [0.717, 1.165) is 16.8 Å². The lowest BCUT2D eigenvalue weighted by Crippen LogP contribution is -2.42. The van der Waals surface area contributed by atoms with Crippen molar-refractivity contribution in [2.45, 2.75) is 12.1 Å². The molecule has 0 bridgehead atoms. The van der Waals surface area contributed by atoms with E-state index in [2.05, 4.69) is 10.7 Å². The molecular formula is C25H24ClN4O2+. The van der Waals surface area contributed by atoms with E-state index in [1.165, 1.54) is 0 Å². The predicted molar refractivity (Wildman–Crippen MR) is 126 cm³/mol. The van der Waals surface area contributed by atoms with Gasteiger partial charge in [-0.3, -0.25) is 9.59 Å². The van der Waals surface area contributed by atoms with Crippen molar-refractivity contribution in [3.63, 3.8) is 0 Å². The number of carbonyl (C=O) groups excluding carboxylic acids is 2. The molecular weight excluding hydrogens is 424 g/mol. The second-order valence-corrected chi connectivity index (χ2v) is 8.25. The minimum absolute atomic E-state index is 0.282. The molecule has 1 aliphatic heterocycles. The largest absolute Gasteiger partial charge is 0.378 e. The maximum atomic E-state index is 12.9. The Labute approximate surface area is 192 Å². The van der Waals surface area contributed by atoms with Crippen LogP contribution in [0.4, 0.5) is 5.69 Å². The number of amides is 2. The molecule has 3 aromatic carbocycles. The van der Waals surface area contributed by atoms with Gasteiger partial charge in [-0.15, -0.1) is 10.1 Å². The Balaban J connectivity index is 1.69. The van der Waals surface area contributed by atoms with Crippen LogP contribution in [0, 0.1) is 0 Å². The highest BCUT2D eigenvalue weighted by molar-refractivity contribution is 6.30. The SMILES string of the molecule is CN(C)c1ccc(/C=[N+]2\NC(=O)[C@H](NC(=O)c3ccccc3)[C@H]2c2ccc(Cl)cc2)cc1. The summed E-state index contributed by atoms with van der Waals surface area (Å²) in [5, 5.41) is 3.50. The second kappa shape index (κ2) is 9.24. The van der Waals surface area contributed by atoms with E-state index in [0.29, 0.717) is 10.6 Å². The van der Waals surface area contributed by atoms with Crippen LogP contribution < -0.4 is 15.6 Å². The average molecular weight is 448 g/mol. The maximum absolute atomic E-state index is 12.9. The molecule has 0 aliphatic carbocycles. The standard InChI is InChI=1S/C25H23ClN4O2/c1-29(2)21-14-8-17(9-15-21)16-30-23(18-10-12-20(26)13-11-18)22(25(32)28-30)27-24(31)19-6-4-3-5-7-19/h3-16,22-23H,1-2H3,(H-,27,28,31,32)/p+1/t22-,23-/m1/s1. The zero-order valence-corrected chi connectivity index (χ0v) is 18.6. The summed E-state index contributed by atoms with van der Waals surface area (Å²) in [6, 6.07) is 22.9. The molecule has 2 amide bonds. The topological polar surface area (TPSA) is 64.5 Å². The molecule has 0 aromatic heterocycles. The van der Waals surface area contributed by atoms with Crippen molar-refractivity contribution in [3.8, 4) is 0 Å². The van der Waals surface area contributed by atoms with Crippen molar-refractivity contribution in [3.05, 3.63) is 101 Å². The van der Waals surface area contributed by atoms with Gasteiger partial charge in [0.2, 0.25) is 12.3 Å². The number of hydrazone groups is 1. The first-order valence-corrected chi connectivity index (χ1v) is 10.6. The van der Waals surface area contributed by atoms with E-state index in [1.54, 1.807) is 41.1 Å². The number of carbonyl (C=O) groups is 2. The van der Waals surface area contributed by atoms with Crippen LogP contribution in [0.1, 0.15) is 27.5 Å². The van der Waals surface area contributed by atoms with Crippen LogP contribution in [0.25, 0.3) is 0 Å². The fourth-order valence-corrected chi connectivity index (χ4v) is 3.80. The van der Waals surface area contributed by atoms with Gasteiger partial charge in [0.1, 0.15) is 0 Å². The smallest absolute Gasteiger partial charge is 0.304 e. The Kier molecular flexibility index (Phi) is 6.23. The third-order valence-electron chi connectivity index (χ3n) is 5.37. The molecule has 0 saturated carbocycles. The van der Waals surface area contributed by atoms with Crippen LogP contribution in [0.15, 0.2) is 78.9 Å². The van der Waals surface area contributed by atoms with Crippen molar-refractivity contribution in [2.75, 3.05) is 19.0 Å². The number of rotatable bonds is 5. The van der Waals surface area contributed by atoms with E-state index in [4.69, 9.17) is 11.6 Å². The number of halogens is 1. The molecule has 2 atom stereocenters. The van der Waals surface area contributed by atoms with Crippen LogP contribution in [-0.2, 0) is 4.79 Å². The average Bonchev–Trinajstić information content (AvgIpc) is 3.09. The van der Waals surface area contributed by atoms with Crippen LogP contribution in [0.5, 0.6) is 0 Å². The van der Waals surface area contributed by atoms with Gasteiger partial charge in [-0.2, -0.15) is 0 Å². The molecule has 4 rings (SSSR count). The third-order valence-corrected chi connectivity index (χ3v) is 5.62. The first-order valence-electron chi connectivity index (χ1n) is 10.2. The Morgan fingerprint density at radius 2 is 1.66 bits per heavy atom. The monoisotopic (exact) mass is 447 g/mol. The van der Waals surface area contributed by atoms with Crippen molar-refractivity contribution in [1.29, 1.82) is 0 Å². The molecule has 1 aliphatic rings. The van der Waals surface area contributed by atoms with Crippen LogP contribution >= 0.6 is 11.6 Å². The minimum Gasteiger partial charge on any atom is -0.378 e. The number of nitrogens with zero attached hydrogens (tertiary/aromatic N) is 2. The first kappa shape index (κ1) is 21.6. The van der Waals surface area contributed by atoms with Crippen molar-refractivity contribution >= 4 is 35.3 Å². The molecule has 0 unspecified atom stereocenters. The van der Waals surface area contributed by atoms with E-state index in [9.17, 15) is 9.59 Å². The van der Waals surface area contributed by atoms with Crippen molar-refractivity contribution < 1.29 is 14.3 Å². The molecule has 1 heterocycles. The lowest BCUT2D eigenvalue weighted by molar-refractivity contribution is -0.596. The Bertz CT molecular complexity index is 1140. The lowest BCUT2D eigenvalue weighted by atomic mass is 10.00. The summed E-state index contributed by atoms with van der Waals surface area (Å²) in [6.07, 6.45) is 1.87. The first-order chi connectivity index (χ1) is 15.4. The summed E-state index contributed by atoms with van der Waals surface area (Å²) in [4.78, 5) is 27.7. The minimum atomic E-state index is -0.777. The number of hydrogen-bond acceptors (Lipinski definition) is 3. The molecule has 1 saturated heterocycles. The zero-order valence-electron chi connectivity index (χ0n) is 17.8. The van der Waals surface area contributed by atoms with E-state index in [1.807, 2.05) is 67.7 Å².